The topological polar surface area (TPSA) is 54.0 Å². The van der Waals surface area contributed by atoms with E-state index in [1.54, 1.807) is 0 Å². The molecule has 3 heterocycles. The predicted octanol–water partition coefficient (Wildman–Crippen LogP) is 3.85. The summed E-state index contributed by atoms with van der Waals surface area (Å²) < 4.78 is 25.8. The van der Waals surface area contributed by atoms with Gasteiger partial charge in [-0.1, -0.05) is 61.2 Å². The molecule has 0 spiro atoms. The van der Waals surface area contributed by atoms with Crippen LogP contribution >= 0.6 is 0 Å². The lowest BCUT2D eigenvalue weighted by Gasteiger charge is -2.56. The van der Waals surface area contributed by atoms with Crippen molar-refractivity contribution in [1.82, 2.24) is 0 Å². The Balaban J connectivity index is 1.71. The van der Waals surface area contributed by atoms with Crippen LogP contribution in [-0.4, -0.2) is 53.6 Å². The van der Waals surface area contributed by atoms with Crippen molar-refractivity contribution in [1.29, 1.82) is 0 Å². The van der Waals surface area contributed by atoms with E-state index in [9.17, 15) is 4.79 Å². The number of ether oxygens (including phenoxy) is 2. The molecule has 6 atom stereocenters. The van der Waals surface area contributed by atoms with E-state index in [0.717, 1.165) is 0 Å². The second-order valence-electron chi connectivity index (χ2n) is 11.6. The maximum absolute atomic E-state index is 12.9. The maximum Gasteiger partial charge on any atom is 0.349 e. The zero-order valence-electron chi connectivity index (χ0n) is 17.6. The van der Waals surface area contributed by atoms with Crippen LogP contribution < -0.4 is 0 Å². The van der Waals surface area contributed by atoms with Crippen LogP contribution in [0, 0.1) is 5.92 Å². The van der Waals surface area contributed by atoms with Crippen LogP contribution in [0.5, 0.6) is 0 Å². The first kappa shape index (κ1) is 19.1. The molecule has 3 aliphatic heterocycles. The Bertz CT molecular complexity index is 630. The highest BCUT2D eigenvalue weighted by molar-refractivity contribution is 6.84. The molecule has 0 aromatic carbocycles. The highest BCUT2D eigenvalue weighted by Gasteiger charge is 2.87. The number of carbonyl (C=O) groups is 1. The highest BCUT2D eigenvalue weighted by Crippen LogP contribution is 2.76. The number of fused-ring (bicyclic) bond motifs is 3. The first-order valence-corrected chi connectivity index (χ1v) is 15.2. The third kappa shape index (κ3) is 2.04. The number of esters is 1. The number of rotatable bonds is 1. The van der Waals surface area contributed by atoms with Crippen molar-refractivity contribution in [2.75, 3.05) is 6.61 Å². The van der Waals surface area contributed by atoms with Gasteiger partial charge in [0.1, 0.15) is 18.3 Å². The zero-order valence-corrected chi connectivity index (χ0v) is 19.6. The molecule has 3 saturated heterocycles. The van der Waals surface area contributed by atoms with Crippen LogP contribution in [0.25, 0.3) is 0 Å². The van der Waals surface area contributed by atoms with Gasteiger partial charge in [0, 0.05) is 16.0 Å². The first-order chi connectivity index (χ1) is 11.7. The third-order valence-corrected chi connectivity index (χ3v) is 15.5. The van der Waals surface area contributed by atoms with Crippen molar-refractivity contribution in [3.63, 3.8) is 0 Å². The standard InChI is InChI=1S/C19H34O5Si2/c1-17(2,3)26(18(4,5)6)21-10-11-13(24-26)14-12-15(22-11)19(12,16(20)23-14)25(7,8)9/h11-15H,10H2,1-9H3/t11-,12+,13-,14-,15-,19?/m1/s1. The minimum Gasteiger partial charge on any atom is -0.459 e. The average molecular weight is 399 g/mol. The van der Waals surface area contributed by atoms with Crippen LogP contribution in [0.15, 0.2) is 0 Å². The van der Waals surface area contributed by atoms with Crippen molar-refractivity contribution < 1.29 is 23.1 Å². The minimum atomic E-state index is -2.60. The van der Waals surface area contributed by atoms with Gasteiger partial charge in [-0.25, -0.2) is 0 Å². The quantitative estimate of drug-likeness (QED) is 0.496. The molecule has 1 aliphatic carbocycles. The average Bonchev–Trinajstić information content (AvgIpc) is 3.02. The van der Waals surface area contributed by atoms with E-state index in [2.05, 4.69) is 61.2 Å². The lowest BCUT2D eigenvalue weighted by molar-refractivity contribution is -0.201. The van der Waals surface area contributed by atoms with Gasteiger partial charge >= 0.3 is 14.5 Å². The Kier molecular flexibility index (Phi) is 3.70. The van der Waals surface area contributed by atoms with E-state index < -0.39 is 16.6 Å². The van der Waals surface area contributed by atoms with Gasteiger partial charge in [-0.05, 0) is 0 Å². The Morgan fingerprint density at radius 2 is 1.62 bits per heavy atom. The molecular weight excluding hydrogens is 364 g/mol. The van der Waals surface area contributed by atoms with Gasteiger partial charge in [0.05, 0.1) is 25.8 Å². The molecule has 4 rings (SSSR count). The fraction of sp³-hybridized carbons (Fsp3) is 0.947. The maximum atomic E-state index is 12.9. The van der Waals surface area contributed by atoms with E-state index >= 15 is 0 Å². The molecule has 0 aromatic rings. The zero-order chi connectivity index (χ0) is 19.5. The van der Waals surface area contributed by atoms with Gasteiger partial charge in [0.2, 0.25) is 0 Å². The molecule has 7 heteroatoms. The number of hydrogen-bond donors (Lipinski definition) is 0. The predicted molar refractivity (Wildman–Crippen MR) is 104 cm³/mol. The van der Waals surface area contributed by atoms with Crippen LogP contribution in [0.2, 0.25) is 34.8 Å². The van der Waals surface area contributed by atoms with Crippen LogP contribution in [-0.2, 0) is 23.1 Å². The Morgan fingerprint density at radius 3 is 2.12 bits per heavy atom. The van der Waals surface area contributed by atoms with Crippen molar-refractivity contribution in [2.24, 2.45) is 5.92 Å². The van der Waals surface area contributed by atoms with Crippen LogP contribution in [0.3, 0.4) is 0 Å². The summed E-state index contributed by atoms with van der Waals surface area (Å²) in [6.45, 7) is 20.6. The molecular formula is C19H34O5Si2. The normalized spacial score (nSPS) is 44.2. The fourth-order valence-corrected chi connectivity index (χ4v) is 14.1. The summed E-state index contributed by atoms with van der Waals surface area (Å²) in [5.74, 6) is 0.136. The van der Waals surface area contributed by atoms with E-state index in [1.807, 2.05) is 0 Å². The van der Waals surface area contributed by atoms with Crippen molar-refractivity contribution >= 4 is 22.6 Å². The lowest BCUT2D eigenvalue weighted by Crippen LogP contribution is -2.68. The summed E-state index contributed by atoms with van der Waals surface area (Å²) in [4.78, 5) is 12.9. The molecule has 148 valence electrons. The molecule has 0 radical (unpaired) electrons. The van der Waals surface area contributed by atoms with Crippen LogP contribution in [0.4, 0.5) is 0 Å². The Morgan fingerprint density at radius 1 is 1.04 bits per heavy atom. The summed E-state index contributed by atoms with van der Waals surface area (Å²) >= 11 is 0. The molecule has 0 aromatic heterocycles. The van der Waals surface area contributed by atoms with Crippen molar-refractivity contribution in [2.45, 2.75) is 101 Å². The Hall–Kier alpha value is -0.216. The van der Waals surface area contributed by atoms with Gasteiger partial charge in [-0.15, -0.1) is 0 Å². The third-order valence-electron chi connectivity index (χ3n) is 7.11. The van der Waals surface area contributed by atoms with E-state index in [-0.39, 0.29) is 51.4 Å². The largest absolute Gasteiger partial charge is 0.459 e. The second-order valence-corrected chi connectivity index (χ2v) is 21.7. The Labute approximate surface area is 159 Å². The van der Waals surface area contributed by atoms with E-state index in [1.165, 1.54) is 0 Å². The SMILES string of the molecule is CC(C)(C)[Si]1(C(C)(C)C)OC[C@H]2O[C@@H]3[C@@H]4[C@@H](OC(=O)C43[Si](C)(C)C)[C@@H]2O1. The minimum absolute atomic E-state index is 0.00677. The van der Waals surface area contributed by atoms with Crippen molar-refractivity contribution in [3.8, 4) is 0 Å². The molecule has 0 amide bonds. The summed E-state index contributed by atoms with van der Waals surface area (Å²) in [7, 11) is -4.38. The number of hydrogen-bond acceptors (Lipinski definition) is 5. The summed E-state index contributed by atoms with van der Waals surface area (Å²) in [6.07, 6.45) is -0.483. The van der Waals surface area contributed by atoms with Gasteiger partial charge in [-0.2, -0.15) is 0 Å². The lowest BCUT2D eigenvalue weighted by atomic mass is 10.0. The van der Waals surface area contributed by atoms with E-state index in [4.69, 9.17) is 18.3 Å². The molecule has 4 aliphatic rings. The summed E-state index contributed by atoms with van der Waals surface area (Å²) in [5, 5.41) is -0.559. The van der Waals surface area contributed by atoms with Gasteiger partial charge in [-0.3, -0.25) is 4.79 Å². The highest BCUT2D eigenvalue weighted by atomic mass is 28.4. The molecule has 1 saturated carbocycles. The molecule has 0 bridgehead atoms. The van der Waals surface area contributed by atoms with Gasteiger partial charge in [0.15, 0.2) is 0 Å². The van der Waals surface area contributed by atoms with Gasteiger partial charge in [0.25, 0.3) is 0 Å². The molecule has 1 unspecified atom stereocenters. The van der Waals surface area contributed by atoms with Gasteiger partial charge < -0.3 is 18.3 Å². The monoisotopic (exact) mass is 398 g/mol. The number of carbonyl (C=O) groups excluding carboxylic acids is 1. The smallest absolute Gasteiger partial charge is 0.349 e. The molecule has 0 N–H and O–H groups in total. The molecule has 5 nitrogen and oxygen atoms in total. The molecule has 4 fully saturated rings. The summed E-state index contributed by atoms with van der Waals surface area (Å²) in [5.41, 5.74) is 0. The first-order valence-electron chi connectivity index (χ1n) is 9.87. The van der Waals surface area contributed by atoms with E-state index in [0.29, 0.717) is 6.61 Å². The fourth-order valence-electron chi connectivity index (χ4n) is 6.15. The van der Waals surface area contributed by atoms with Crippen LogP contribution in [0.1, 0.15) is 41.5 Å². The van der Waals surface area contributed by atoms with Crippen molar-refractivity contribution in [3.05, 3.63) is 0 Å². The molecule has 26 heavy (non-hydrogen) atoms. The second kappa shape index (κ2) is 5.03. The summed E-state index contributed by atoms with van der Waals surface area (Å²) in [6, 6.07) is 0.